The van der Waals surface area contributed by atoms with Gasteiger partial charge in [-0.1, -0.05) is 30.3 Å². The number of hydrogen-bond acceptors (Lipinski definition) is 7. The van der Waals surface area contributed by atoms with Gasteiger partial charge in [-0.05, 0) is 71.1 Å². The van der Waals surface area contributed by atoms with Crippen LogP contribution in [0.25, 0.3) is 21.7 Å². The molecule has 4 aromatic carbocycles. The van der Waals surface area contributed by atoms with Crippen molar-refractivity contribution in [2.45, 2.75) is 19.6 Å². The van der Waals surface area contributed by atoms with Gasteiger partial charge >= 0.3 is 0 Å². The summed E-state index contributed by atoms with van der Waals surface area (Å²) in [6.07, 6.45) is 4.67. The zero-order valence-corrected chi connectivity index (χ0v) is 29.5. The maximum Gasteiger partial charge on any atom is 0.253 e. The number of sulfonamides is 1. The van der Waals surface area contributed by atoms with Gasteiger partial charge in [0.05, 0.1) is 31.0 Å². The van der Waals surface area contributed by atoms with Crippen LogP contribution in [0.4, 0.5) is 14.5 Å². The first-order valence-electron chi connectivity index (χ1n) is 15.9. The van der Waals surface area contributed by atoms with Crippen LogP contribution < -0.4 is 13.8 Å². The maximum absolute atomic E-state index is 14.3. The first-order chi connectivity index (χ1) is 24.2. The second-order valence-corrected chi connectivity index (χ2v) is 14.5. The molecule has 6 aromatic rings. The number of aromatic hydroxyl groups is 1. The highest BCUT2D eigenvalue weighted by Gasteiger charge is 2.28. The Morgan fingerprint density at radius 2 is 1.57 bits per heavy atom. The molecule has 0 bridgehead atoms. The highest BCUT2D eigenvalue weighted by Crippen LogP contribution is 2.48. The number of carbonyl (C=O) groups excluding carboxylic acids is 1. The molecule has 1 N–H and O–H groups in total. The minimum absolute atomic E-state index is 0.0603. The summed E-state index contributed by atoms with van der Waals surface area (Å²) in [7, 11) is 2.24. The molecule has 0 saturated carbocycles. The van der Waals surface area contributed by atoms with Gasteiger partial charge in [0, 0.05) is 49.9 Å². The molecule has 10 nitrogen and oxygen atoms in total. The number of ether oxygens (including phenoxy) is 2. The summed E-state index contributed by atoms with van der Waals surface area (Å²) in [5, 5.41) is 12.9. The molecule has 0 saturated heterocycles. The first kappa shape index (κ1) is 35.1. The Labute approximate surface area is 294 Å². The molecular formula is C38H36F2N4O6S. The van der Waals surface area contributed by atoms with Crippen molar-refractivity contribution in [1.82, 2.24) is 14.5 Å². The second kappa shape index (κ2) is 13.9. The number of hydrogen-bond donors (Lipinski definition) is 1. The smallest absolute Gasteiger partial charge is 0.253 e. The molecular weight excluding hydrogens is 679 g/mol. The average molecular weight is 715 g/mol. The third-order valence-corrected chi connectivity index (χ3v) is 9.85. The molecule has 0 spiro atoms. The molecule has 0 aliphatic carbocycles. The molecule has 2 aromatic heterocycles. The van der Waals surface area contributed by atoms with Gasteiger partial charge in [0.2, 0.25) is 15.9 Å². The second-order valence-electron chi connectivity index (χ2n) is 12.5. The Balaban J connectivity index is 1.59. The van der Waals surface area contributed by atoms with Crippen LogP contribution in [-0.2, 0) is 29.6 Å². The van der Waals surface area contributed by atoms with E-state index in [0.717, 1.165) is 33.3 Å². The van der Waals surface area contributed by atoms with Gasteiger partial charge in [0.25, 0.3) is 5.91 Å². The van der Waals surface area contributed by atoms with E-state index in [1.165, 1.54) is 40.8 Å². The molecule has 6 rings (SSSR count). The first-order valence-corrected chi connectivity index (χ1v) is 17.7. The molecule has 0 radical (unpaired) electrons. The van der Waals surface area contributed by atoms with Crippen molar-refractivity contribution >= 4 is 43.3 Å². The van der Waals surface area contributed by atoms with Gasteiger partial charge in [-0.15, -0.1) is 0 Å². The molecule has 0 fully saturated rings. The predicted octanol–water partition coefficient (Wildman–Crippen LogP) is 6.50. The van der Waals surface area contributed by atoms with Gasteiger partial charge in [0.15, 0.2) is 5.75 Å². The lowest BCUT2D eigenvalue weighted by molar-refractivity contribution is 0.0825. The lowest BCUT2D eigenvalue weighted by atomic mass is 10.0. The molecule has 51 heavy (non-hydrogen) atoms. The number of carbonyl (C=O) groups is 1. The molecule has 0 aliphatic heterocycles. The number of rotatable bonds is 11. The number of fused-ring (bicyclic) bond motifs is 2. The van der Waals surface area contributed by atoms with E-state index < -0.39 is 21.7 Å². The quantitative estimate of drug-likeness (QED) is 0.163. The van der Waals surface area contributed by atoms with Crippen LogP contribution in [0.1, 0.15) is 32.6 Å². The summed E-state index contributed by atoms with van der Waals surface area (Å²) >= 11 is 0. The fraction of sp³-hybridized carbons (Fsp3) is 0.211. The molecule has 0 unspecified atom stereocenters. The van der Waals surface area contributed by atoms with Crippen LogP contribution in [-0.4, -0.2) is 68.4 Å². The van der Waals surface area contributed by atoms with Gasteiger partial charge < -0.3 is 24.0 Å². The van der Waals surface area contributed by atoms with E-state index in [1.54, 1.807) is 57.9 Å². The van der Waals surface area contributed by atoms with Crippen LogP contribution in [0.2, 0.25) is 0 Å². The number of aromatic nitrogens is 2. The zero-order valence-electron chi connectivity index (χ0n) is 28.6. The Morgan fingerprint density at radius 3 is 2.22 bits per heavy atom. The summed E-state index contributed by atoms with van der Waals surface area (Å²) in [5.41, 5.74) is 3.40. The number of halogens is 2. The van der Waals surface area contributed by atoms with Crippen LogP contribution in [0.5, 0.6) is 17.4 Å². The van der Waals surface area contributed by atoms with Crippen molar-refractivity contribution in [1.29, 1.82) is 0 Å². The maximum atomic E-state index is 14.3. The van der Waals surface area contributed by atoms with Gasteiger partial charge in [-0.3, -0.25) is 14.1 Å². The Morgan fingerprint density at radius 1 is 0.902 bits per heavy atom. The standard InChI is InChI=1S/C38H36F2N4O6S/c1-42(2)37(45)30-18-28(40)13-10-26(30)20-44-21-32-33(38(44)46)36(50-22-24-8-14-29(49-4)15-9-24)34-31(35(32)43(3)51(5,47)48)17-25(19-41-34)16-23-6-11-27(39)12-7-23/h6-15,17-19,21,46H,16,20,22H2,1-5H3. The van der Waals surface area contributed by atoms with Crippen molar-refractivity contribution in [2.75, 3.05) is 38.8 Å². The highest BCUT2D eigenvalue weighted by molar-refractivity contribution is 7.92. The van der Waals surface area contributed by atoms with Crippen molar-refractivity contribution in [2.24, 2.45) is 0 Å². The van der Waals surface area contributed by atoms with Crippen LogP contribution >= 0.6 is 0 Å². The Kier molecular flexibility index (Phi) is 9.58. The Bertz CT molecular complexity index is 2380. The normalized spacial score (nSPS) is 11.6. The van der Waals surface area contributed by atoms with E-state index >= 15 is 0 Å². The number of amides is 1. The molecule has 0 aliphatic rings. The van der Waals surface area contributed by atoms with Crippen LogP contribution in [0.3, 0.4) is 0 Å². The predicted molar refractivity (Wildman–Crippen MR) is 192 cm³/mol. The molecule has 1 amide bonds. The summed E-state index contributed by atoms with van der Waals surface area (Å²) in [4.78, 5) is 19.1. The number of nitrogens with zero attached hydrogens (tertiary/aromatic N) is 4. The fourth-order valence-electron chi connectivity index (χ4n) is 5.97. The highest BCUT2D eigenvalue weighted by atomic mass is 32.2. The zero-order chi connectivity index (χ0) is 36.6. The van der Waals surface area contributed by atoms with E-state index in [2.05, 4.69) is 0 Å². The number of methoxy groups -OCH3 is 1. The summed E-state index contributed by atoms with van der Waals surface area (Å²) in [6.45, 7) is 0.00772. The largest absolute Gasteiger partial charge is 0.497 e. The van der Waals surface area contributed by atoms with E-state index in [4.69, 9.17) is 14.5 Å². The molecule has 264 valence electrons. The summed E-state index contributed by atoms with van der Waals surface area (Å²) in [6, 6.07) is 19.0. The van der Waals surface area contributed by atoms with Gasteiger partial charge in [-0.2, -0.15) is 0 Å². The lowest BCUT2D eigenvalue weighted by Crippen LogP contribution is -2.25. The third-order valence-electron chi connectivity index (χ3n) is 8.67. The number of anilines is 1. The molecule has 13 heteroatoms. The van der Waals surface area contributed by atoms with Crippen LogP contribution in [0, 0.1) is 11.6 Å². The van der Waals surface area contributed by atoms with Crippen molar-refractivity contribution in [3.8, 4) is 17.4 Å². The van der Waals surface area contributed by atoms with E-state index in [1.807, 2.05) is 18.2 Å². The van der Waals surface area contributed by atoms with Gasteiger partial charge in [0.1, 0.15) is 29.5 Å². The minimum atomic E-state index is -3.86. The topological polar surface area (TPSA) is 114 Å². The van der Waals surface area contributed by atoms with Crippen LogP contribution in [0.15, 0.2) is 85.2 Å². The average Bonchev–Trinajstić information content (AvgIpc) is 3.42. The van der Waals surface area contributed by atoms with Crippen molar-refractivity contribution < 1.29 is 36.6 Å². The molecule has 0 atom stereocenters. The van der Waals surface area contributed by atoms with E-state index in [0.29, 0.717) is 34.0 Å². The Hall–Kier alpha value is -5.69. The van der Waals surface area contributed by atoms with Gasteiger partial charge in [-0.25, -0.2) is 17.2 Å². The number of pyridine rings is 1. The fourth-order valence-corrected chi connectivity index (χ4v) is 6.50. The van der Waals surface area contributed by atoms with E-state index in [9.17, 15) is 27.1 Å². The molecule has 2 heterocycles. The SMILES string of the molecule is COc1ccc(COc2c3ncc(Cc4ccc(F)cc4)cc3c(N(C)S(C)(=O)=O)c3cn(Cc4ccc(F)cc4C(=O)N(C)C)c(O)c23)cc1. The lowest BCUT2D eigenvalue weighted by Gasteiger charge is -2.22. The monoisotopic (exact) mass is 714 g/mol. The minimum Gasteiger partial charge on any atom is -0.497 e. The van der Waals surface area contributed by atoms with E-state index in [-0.39, 0.29) is 47.2 Å². The number of benzene rings is 4. The van der Waals surface area contributed by atoms with Crippen molar-refractivity contribution in [3.63, 3.8) is 0 Å². The summed E-state index contributed by atoms with van der Waals surface area (Å²) < 4.78 is 68.6. The third kappa shape index (κ3) is 7.15. The summed E-state index contributed by atoms with van der Waals surface area (Å²) in [5.74, 6) is -0.787. The van der Waals surface area contributed by atoms with Crippen molar-refractivity contribution in [3.05, 3.63) is 125 Å².